The Balaban J connectivity index is 3.30. The van der Waals surface area contributed by atoms with Crippen LogP contribution in [-0.2, 0) is 0 Å². The summed E-state index contributed by atoms with van der Waals surface area (Å²) in [5.41, 5.74) is 0. The molecule has 0 aromatic carbocycles. The summed E-state index contributed by atoms with van der Waals surface area (Å²) in [6.45, 7) is 12.8. The fraction of sp³-hybridized carbons (Fsp3) is 1.00. The van der Waals surface area contributed by atoms with Crippen LogP contribution >= 0.6 is 0 Å². The van der Waals surface area contributed by atoms with Crippen molar-refractivity contribution in [3.8, 4) is 0 Å². The first-order valence-corrected chi connectivity index (χ1v) is 6.28. The van der Waals surface area contributed by atoms with Crippen LogP contribution in [0.15, 0.2) is 0 Å². The van der Waals surface area contributed by atoms with Crippen LogP contribution in [0, 0.1) is 0 Å². The number of nitrogens with one attached hydrogen (secondary N) is 1. The molecule has 0 aromatic rings. The predicted molar refractivity (Wildman–Crippen MR) is 64.8 cm³/mol. The van der Waals surface area contributed by atoms with Crippen LogP contribution in [0.1, 0.15) is 46.5 Å². The number of rotatable bonds is 10. The molecule has 1 N–H and O–H groups in total. The third-order valence-electron chi connectivity index (χ3n) is 2.39. The SMILES string of the molecule is CCCCNCCN(CCC)CCC. The molecule has 0 heterocycles. The molecule has 0 bridgehead atoms. The first-order chi connectivity index (χ1) is 6.85. The van der Waals surface area contributed by atoms with Gasteiger partial charge in [0.05, 0.1) is 0 Å². The fourth-order valence-corrected chi connectivity index (χ4v) is 1.63. The Bertz CT molecular complexity index is 98.5. The highest BCUT2D eigenvalue weighted by molar-refractivity contribution is 4.58. The normalized spacial score (nSPS) is 11.1. The fourth-order valence-electron chi connectivity index (χ4n) is 1.63. The van der Waals surface area contributed by atoms with E-state index >= 15 is 0 Å². The molecule has 14 heavy (non-hydrogen) atoms. The van der Waals surface area contributed by atoms with Gasteiger partial charge in [0.15, 0.2) is 0 Å². The standard InChI is InChI=1S/C12H28N2/c1-4-7-8-13-9-12-14(10-5-2)11-6-3/h13H,4-12H2,1-3H3. The van der Waals surface area contributed by atoms with Crippen LogP contribution in [0.25, 0.3) is 0 Å². The second kappa shape index (κ2) is 11.0. The van der Waals surface area contributed by atoms with Crippen molar-refractivity contribution >= 4 is 0 Å². The van der Waals surface area contributed by atoms with E-state index in [1.807, 2.05) is 0 Å². The minimum atomic E-state index is 1.15. The van der Waals surface area contributed by atoms with Gasteiger partial charge in [-0.3, -0.25) is 0 Å². The van der Waals surface area contributed by atoms with Crippen molar-refractivity contribution in [3.05, 3.63) is 0 Å². The van der Waals surface area contributed by atoms with Crippen molar-refractivity contribution in [2.45, 2.75) is 46.5 Å². The average molecular weight is 200 g/mol. The lowest BCUT2D eigenvalue weighted by molar-refractivity contribution is 0.274. The largest absolute Gasteiger partial charge is 0.315 e. The first kappa shape index (κ1) is 13.9. The van der Waals surface area contributed by atoms with Gasteiger partial charge in [-0.05, 0) is 38.9 Å². The van der Waals surface area contributed by atoms with Gasteiger partial charge in [0.2, 0.25) is 0 Å². The van der Waals surface area contributed by atoms with Crippen LogP contribution in [0.2, 0.25) is 0 Å². The molecule has 2 heteroatoms. The van der Waals surface area contributed by atoms with Gasteiger partial charge in [-0.1, -0.05) is 27.2 Å². The summed E-state index contributed by atoms with van der Waals surface area (Å²) in [4.78, 5) is 2.55. The average Bonchev–Trinajstić information content (AvgIpc) is 2.18. The Labute approximate surface area is 90.1 Å². The smallest absolute Gasteiger partial charge is 0.0107 e. The van der Waals surface area contributed by atoms with Gasteiger partial charge in [0, 0.05) is 13.1 Å². The number of hydrogen-bond donors (Lipinski definition) is 1. The van der Waals surface area contributed by atoms with E-state index in [0.717, 1.165) is 6.54 Å². The Hall–Kier alpha value is -0.0800. The molecular formula is C12H28N2. The van der Waals surface area contributed by atoms with E-state index in [9.17, 15) is 0 Å². The van der Waals surface area contributed by atoms with Gasteiger partial charge < -0.3 is 10.2 Å². The molecule has 0 spiro atoms. The van der Waals surface area contributed by atoms with Gasteiger partial charge in [0.25, 0.3) is 0 Å². The van der Waals surface area contributed by atoms with Crippen molar-refractivity contribution in [1.29, 1.82) is 0 Å². The summed E-state index contributed by atoms with van der Waals surface area (Å²) in [6, 6.07) is 0. The van der Waals surface area contributed by atoms with Gasteiger partial charge in [-0.15, -0.1) is 0 Å². The minimum Gasteiger partial charge on any atom is -0.315 e. The molecule has 0 aromatic heterocycles. The molecular weight excluding hydrogens is 172 g/mol. The number of unbranched alkanes of at least 4 members (excludes halogenated alkanes) is 1. The summed E-state index contributed by atoms with van der Waals surface area (Å²) in [5.74, 6) is 0. The van der Waals surface area contributed by atoms with E-state index in [2.05, 4.69) is 31.0 Å². The third kappa shape index (κ3) is 8.52. The molecule has 0 saturated carbocycles. The van der Waals surface area contributed by atoms with Crippen molar-refractivity contribution in [1.82, 2.24) is 10.2 Å². The highest BCUT2D eigenvalue weighted by Crippen LogP contribution is 1.92. The van der Waals surface area contributed by atoms with E-state index in [0.29, 0.717) is 0 Å². The highest BCUT2D eigenvalue weighted by Gasteiger charge is 2.00. The lowest BCUT2D eigenvalue weighted by Crippen LogP contribution is -2.33. The lowest BCUT2D eigenvalue weighted by atomic mass is 10.3. The molecule has 0 fully saturated rings. The summed E-state index contributed by atoms with van der Waals surface area (Å²) in [5, 5.41) is 3.49. The monoisotopic (exact) mass is 200 g/mol. The highest BCUT2D eigenvalue weighted by atomic mass is 15.1. The molecule has 2 nitrogen and oxygen atoms in total. The lowest BCUT2D eigenvalue weighted by Gasteiger charge is -2.20. The minimum absolute atomic E-state index is 1.15. The van der Waals surface area contributed by atoms with E-state index in [1.165, 1.54) is 51.9 Å². The summed E-state index contributed by atoms with van der Waals surface area (Å²) in [6.07, 6.45) is 5.14. The summed E-state index contributed by atoms with van der Waals surface area (Å²) >= 11 is 0. The molecule has 0 aliphatic heterocycles. The number of hydrogen-bond acceptors (Lipinski definition) is 2. The molecule has 0 amide bonds. The molecule has 86 valence electrons. The van der Waals surface area contributed by atoms with Crippen molar-refractivity contribution in [3.63, 3.8) is 0 Å². The van der Waals surface area contributed by atoms with Gasteiger partial charge in [-0.25, -0.2) is 0 Å². The summed E-state index contributed by atoms with van der Waals surface area (Å²) in [7, 11) is 0. The summed E-state index contributed by atoms with van der Waals surface area (Å²) < 4.78 is 0. The predicted octanol–water partition coefficient (Wildman–Crippen LogP) is 2.50. The topological polar surface area (TPSA) is 15.3 Å². The van der Waals surface area contributed by atoms with Crippen molar-refractivity contribution in [2.24, 2.45) is 0 Å². The zero-order valence-corrected chi connectivity index (χ0v) is 10.3. The van der Waals surface area contributed by atoms with Crippen molar-refractivity contribution in [2.75, 3.05) is 32.7 Å². The van der Waals surface area contributed by atoms with E-state index in [4.69, 9.17) is 0 Å². The zero-order chi connectivity index (χ0) is 10.6. The molecule has 0 radical (unpaired) electrons. The maximum Gasteiger partial charge on any atom is 0.0107 e. The molecule has 0 saturated heterocycles. The van der Waals surface area contributed by atoms with Gasteiger partial charge >= 0.3 is 0 Å². The van der Waals surface area contributed by atoms with Gasteiger partial charge in [0.1, 0.15) is 0 Å². The molecule has 0 aliphatic rings. The van der Waals surface area contributed by atoms with Crippen LogP contribution < -0.4 is 5.32 Å². The maximum atomic E-state index is 3.49. The van der Waals surface area contributed by atoms with Crippen LogP contribution in [0.4, 0.5) is 0 Å². The Morgan fingerprint density at radius 2 is 1.43 bits per heavy atom. The first-order valence-electron chi connectivity index (χ1n) is 6.28. The van der Waals surface area contributed by atoms with Gasteiger partial charge in [-0.2, -0.15) is 0 Å². The maximum absolute atomic E-state index is 3.49. The number of nitrogens with zero attached hydrogens (tertiary/aromatic N) is 1. The molecule has 0 atom stereocenters. The Morgan fingerprint density at radius 3 is 1.93 bits per heavy atom. The molecule has 0 rings (SSSR count). The third-order valence-corrected chi connectivity index (χ3v) is 2.39. The molecule has 0 aliphatic carbocycles. The van der Waals surface area contributed by atoms with Crippen molar-refractivity contribution < 1.29 is 0 Å². The Kier molecular flexibility index (Phi) is 10.9. The molecule has 0 unspecified atom stereocenters. The quantitative estimate of drug-likeness (QED) is 0.545. The van der Waals surface area contributed by atoms with E-state index in [-0.39, 0.29) is 0 Å². The zero-order valence-electron chi connectivity index (χ0n) is 10.3. The van der Waals surface area contributed by atoms with Crippen LogP contribution in [0.3, 0.4) is 0 Å². The van der Waals surface area contributed by atoms with E-state index in [1.54, 1.807) is 0 Å². The van der Waals surface area contributed by atoms with Crippen LogP contribution in [-0.4, -0.2) is 37.6 Å². The Morgan fingerprint density at radius 1 is 0.786 bits per heavy atom. The second-order valence-corrected chi connectivity index (χ2v) is 3.95. The van der Waals surface area contributed by atoms with Crippen LogP contribution in [0.5, 0.6) is 0 Å². The van der Waals surface area contributed by atoms with E-state index < -0.39 is 0 Å². The second-order valence-electron chi connectivity index (χ2n) is 3.95.